The van der Waals surface area contributed by atoms with Gasteiger partial charge in [-0.2, -0.15) is 0 Å². The van der Waals surface area contributed by atoms with Gasteiger partial charge in [-0.3, -0.25) is 0 Å². The van der Waals surface area contributed by atoms with Crippen LogP contribution in [-0.4, -0.2) is 10.2 Å². The zero-order valence-electron chi connectivity index (χ0n) is 17.8. The quantitative estimate of drug-likeness (QED) is 0.649. The van der Waals surface area contributed by atoms with Crippen LogP contribution in [0, 0.1) is 13.8 Å². The van der Waals surface area contributed by atoms with E-state index in [0.29, 0.717) is 11.5 Å². The summed E-state index contributed by atoms with van der Waals surface area (Å²) in [6, 6.07) is 8.18. The van der Waals surface area contributed by atoms with Crippen molar-refractivity contribution in [2.24, 2.45) is 0 Å². The highest BCUT2D eigenvalue weighted by Crippen LogP contribution is 2.45. The average Bonchev–Trinajstić information content (AvgIpc) is 2.44. The average molecular weight is 355 g/mol. The molecule has 0 aliphatic carbocycles. The molecule has 0 aromatic heterocycles. The molecule has 26 heavy (non-hydrogen) atoms. The van der Waals surface area contributed by atoms with E-state index in [2.05, 4.69) is 60.6 Å². The molecule has 2 aromatic carbocycles. The first kappa shape index (κ1) is 20.4. The minimum Gasteiger partial charge on any atom is -0.507 e. The van der Waals surface area contributed by atoms with Crippen molar-refractivity contribution in [1.82, 2.24) is 0 Å². The van der Waals surface area contributed by atoms with Crippen LogP contribution in [-0.2, 0) is 10.8 Å². The molecule has 0 spiro atoms. The third kappa shape index (κ3) is 3.60. The predicted octanol–water partition coefficient (Wildman–Crippen LogP) is 6.46. The number of aryl methyl sites for hydroxylation is 2. The van der Waals surface area contributed by atoms with E-state index in [9.17, 15) is 10.2 Å². The summed E-state index contributed by atoms with van der Waals surface area (Å²) in [5.74, 6) is 0.606. The summed E-state index contributed by atoms with van der Waals surface area (Å²) in [4.78, 5) is 0. The minimum absolute atomic E-state index is 0.0976. The molecule has 2 N–H and O–H groups in total. The van der Waals surface area contributed by atoms with Gasteiger partial charge in [-0.25, -0.2) is 0 Å². The third-order valence-corrected chi connectivity index (χ3v) is 5.35. The van der Waals surface area contributed by atoms with E-state index in [1.165, 1.54) is 0 Å². The van der Waals surface area contributed by atoms with E-state index in [1.807, 2.05) is 26.0 Å². The maximum absolute atomic E-state index is 11.1. The smallest absolute Gasteiger partial charge is 0.123 e. The number of hydrogen-bond donors (Lipinski definition) is 2. The van der Waals surface area contributed by atoms with Gasteiger partial charge in [-0.05, 0) is 46.9 Å². The van der Waals surface area contributed by atoms with E-state index in [1.54, 1.807) is 0 Å². The lowest BCUT2D eigenvalue weighted by Crippen LogP contribution is -2.15. The van der Waals surface area contributed by atoms with E-state index in [4.69, 9.17) is 0 Å². The maximum Gasteiger partial charge on any atom is 0.123 e. The Kier molecular flexibility index (Phi) is 5.20. The molecule has 0 saturated heterocycles. The van der Waals surface area contributed by atoms with Crippen LogP contribution in [0.5, 0.6) is 11.5 Å². The topological polar surface area (TPSA) is 40.5 Å². The van der Waals surface area contributed by atoms with Crippen LogP contribution in [0.4, 0.5) is 0 Å². The number of aromatic hydroxyl groups is 2. The van der Waals surface area contributed by atoms with Gasteiger partial charge in [0.05, 0.1) is 0 Å². The Hall–Kier alpha value is -1.96. The minimum atomic E-state index is -0.142. The van der Waals surface area contributed by atoms with Gasteiger partial charge in [0, 0.05) is 17.0 Å². The van der Waals surface area contributed by atoms with Crippen molar-refractivity contribution in [3.63, 3.8) is 0 Å². The summed E-state index contributed by atoms with van der Waals surface area (Å²) >= 11 is 0. The van der Waals surface area contributed by atoms with Crippen molar-refractivity contribution in [2.45, 2.75) is 79.1 Å². The van der Waals surface area contributed by atoms with Crippen molar-refractivity contribution < 1.29 is 10.2 Å². The lowest BCUT2D eigenvalue weighted by atomic mass is 9.77. The molecule has 2 nitrogen and oxygen atoms in total. The molecule has 0 atom stereocenters. The molecule has 2 heteroatoms. The molecular formula is C24H34O2. The standard InChI is InChI=1S/C24H34O2/c1-14-10-12-17(23(4,5)6)21(25)19(14)16(3)20-15(2)11-13-18(22(20)26)24(7,8)9/h10-13,16,25-26H,1-9H3. The first-order valence-corrected chi connectivity index (χ1v) is 9.42. The largest absolute Gasteiger partial charge is 0.507 e. The molecule has 0 aliphatic rings. The Balaban J connectivity index is 2.74. The van der Waals surface area contributed by atoms with Crippen LogP contribution in [0.3, 0.4) is 0 Å². The molecule has 0 unspecified atom stereocenters. The Morgan fingerprint density at radius 2 is 0.962 bits per heavy atom. The van der Waals surface area contributed by atoms with E-state index in [-0.39, 0.29) is 16.7 Å². The first-order valence-electron chi connectivity index (χ1n) is 9.42. The van der Waals surface area contributed by atoms with E-state index in [0.717, 1.165) is 33.4 Å². The number of rotatable bonds is 2. The highest BCUT2D eigenvalue weighted by atomic mass is 16.3. The van der Waals surface area contributed by atoms with E-state index < -0.39 is 0 Å². The van der Waals surface area contributed by atoms with Crippen molar-refractivity contribution >= 4 is 0 Å². The molecule has 0 fully saturated rings. The zero-order chi connectivity index (χ0) is 20.0. The Morgan fingerprint density at radius 3 is 1.23 bits per heavy atom. The van der Waals surface area contributed by atoms with Crippen molar-refractivity contribution in [3.8, 4) is 11.5 Å². The van der Waals surface area contributed by atoms with Gasteiger partial charge in [0.1, 0.15) is 11.5 Å². The predicted molar refractivity (Wildman–Crippen MR) is 111 cm³/mol. The molecule has 0 saturated carbocycles. The van der Waals surface area contributed by atoms with Gasteiger partial charge in [0.15, 0.2) is 0 Å². The molecule has 142 valence electrons. The molecule has 0 amide bonds. The van der Waals surface area contributed by atoms with Crippen LogP contribution >= 0.6 is 0 Å². The summed E-state index contributed by atoms with van der Waals surface area (Å²) in [5, 5.41) is 22.1. The van der Waals surface area contributed by atoms with Gasteiger partial charge in [-0.1, -0.05) is 72.7 Å². The van der Waals surface area contributed by atoms with Gasteiger partial charge < -0.3 is 10.2 Å². The van der Waals surface area contributed by atoms with Crippen LogP contribution in [0.15, 0.2) is 24.3 Å². The Morgan fingerprint density at radius 1 is 0.654 bits per heavy atom. The lowest BCUT2D eigenvalue weighted by molar-refractivity contribution is 0.429. The third-order valence-electron chi connectivity index (χ3n) is 5.35. The number of hydrogen-bond acceptors (Lipinski definition) is 2. The second kappa shape index (κ2) is 6.64. The van der Waals surface area contributed by atoms with Crippen LogP contribution in [0.1, 0.15) is 87.8 Å². The molecular weight excluding hydrogens is 320 g/mol. The van der Waals surface area contributed by atoms with Crippen molar-refractivity contribution in [1.29, 1.82) is 0 Å². The molecule has 2 rings (SSSR count). The second-order valence-corrected chi connectivity index (χ2v) is 9.61. The summed E-state index contributed by atoms with van der Waals surface area (Å²) in [5.41, 5.74) is 5.49. The van der Waals surface area contributed by atoms with Gasteiger partial charge in [0.2, 0.25) is 0 Å². The normalized spacial score (nSPS) is 12.7. The zero-order valence-corrected chi connectivity index (χ0v) is 17.8. The highest BCUT2D eigenvalue weighted by Gasteiger charge is 2.28. The molecule has 2 aromatic rings. The summed E-state index contributed by atoms with van der Waals surface area (Å²) in [6.45, 7) is 18.8. The lowest BCUT2D eigenvalue weighted by Gasteiger charge is -2.28. The molecule has 0 radical (unpaired) electrons. The van der Waals surface area contributed by atoms with Crippen molar-refractivity contribution in [2.75, 3.05) is 0 Å². The van der Waals surface area contributed by atoms with E-state index >= 15 is 0 Å². The fourth-order valence-corrected chi connectivity index (χ4v) is 3.87. The summed E-state index contributed by atoms with van der Waals surface area (Å²) in [7, 11) is 0. The first-order chi connectivity index (χ1) is 11.8. The monoisotopic (exact) mass is 354 g/mol. The number of phenols is 2. The highest BCUT2D eigenvalue weighted by molar-refractivity contribution is 5.57. The maximum atomic E-state index is 11.1. The Labute approximate surface area is 158 Å². The molecule has 0 bridgehead atoms. The second-order valence-electron chi connectivity index (χ2n) is 9.61. The number of benzene rings is 2. The fourth-order valence-electron chi connectivity index (χ4n) is 3.87. The summed E-state index contributed by atoms with van der Waals surface area (Å²) < 4.78 is 0. The summed E-state index contributed by atoms with van der Waals surface area (Å²) in [6.07, 6.45) is 0. The van der Waals surface area contributed by atoms with Crippen LogP contribution in [0.25, 0.3) is 0 Å². The van der Waals surface area contributed by atoms with Gasteiger partial charge >= 0.3 is 0 Å². The molecule has 0 heterocycles. The van der Waals surface area contributed by atoms with Gasteiger partial charge in [0.25, 0.3) is 0 Å². The Bertz CT molecular complexity index is 748. The number of phenolic OH excluding ortho intramolecular Hbond substituents is 2. The van der Waals surface area contributed by atoms with Gasteiger partial charge in [-0.15, -0.1) is 0 Å². The van der Waals surface area contributed by atoms with Crippen LogP contribution in [0.2, 0.25) is 0 Å². The van der Waals surface area contributed by atoms with Crippen molar-refractivity contribution in [3.05, 3.63) is 57.6 Å². The van der Waals surface area contributed by atoms with Crippen LogP contribution < -0.4 is 0 Å². The fraction of sp³-hybridized carbons (Fsp3) is 0.500. The molecule has 0 aliphatic heterocycles. The SMILES string of the molecule is Cc1ccc(C(C)(C)C)c(O)c1C(C)c1c(C)ccc(C(C)(C)C)c1O.